The summed E-state index contributed by atoms with van der Waals surface area (Å²) in [7, 11) is 0. The number of esters is 1. The normalized spacial score (nSPS) is 13.0. The van der Waals surface area contributed by atoms with Crippen LogP contribution < -0.4 is 5.32 Å². The van der Waals surface area contributed by atoms with Crippen LogP contribution in [0, 0.1) is 0 Å². The van der Waals surface area contributed by atoms with E-state index in [1.54, 1.807) is 6.92 Å². The second kappa shape index (κ2) is 8.49. The molecule has 4 nitrogen and oxygen atoms in total. The molecular formula is C23H23NO3. The summed E-state index contributed by atoms with van der Waals surface area (Å²) >= 11 is 0. The molecule has 2 atom stereocenters. The number of nitrogens with one attached hydrogen (secondary N) is 1. The fourth-order valence-corrected chi connectivity index (χ4v) is 2.96. The van der Waals surface area contributed by atoms with Gasteiger partial charge in [0.2, 0.25) is 0 Å². The van der Waals surface area contributed by atoms with Gasteiger partial charge in [-0.15, -0.1) is 0 Å². The third-order valence-corrected chi connectivity index (χ3v) is 4.54. The summed E-state index contributed by atoms with van der Waals surface area (Å²) in [6, 6.07) is 23.4. The van der Waals surface area contributed by atoms with Gasteiger partial charge in [0, 0.05) is 5.69 Å². The van der Waals surface area contributed by atoms with Gasteiger partial charge in [0.1, 0.15) is 0 Å². The topological polar surface area (TPSA) is 55.4 Å². The van der Waals surface area contributed by atoms with Gasteiger partial charge in [0.05, 0.1) is 6.42 Å². The second-order valence-corrected chi connectivity index (χ2v) is 6.70. The van der Waals surface area contributed by atoms with Crippen LogP contribution in [0.4, 0.5) is 5.69 Å². The number of rotatable bonds is 6. The summed E-state index contributed by atoms with van der Waals surface area (Å²) in [5, 5.41) is 4.95. The van der Waals surface area contributed by atoms with Crippen molar-refractivity contribution in [1.29, 1.82) is 0 Å². The summed E-state index contributed by atoms with van der Waals surface area (Å²) in [5.41, 5.74) is 1.75. The van der Waals surface area contributed by atoms with Crippen LogP contribution in [-0.4, -0.2) is 18.0 Å². The fraction of sp³-hybridized carbons (Fsp3) is 0.217. The fourth-order valence-electron chi connectivity index (χ4n) is 2.96. The maximum Gasteiger partial charge on any atom is 0.307 e. The molecule has 0 bridgehead atoms. The van der Waals surface area contributed by atoms with Crippen LogP contribution in [0.3, 0.4) is 0 Å². The lowest BCUT2D eigenvalue weighted by Gasteiger charge is -2.16. The van der Waals surface area contributed by atoms with E-state index in [2.05, 4.69) is 5.32 Å². The van der Waals surface area contributed by atoms with E-state index in [9.17, 15) is 9.59 Å². The van der Waals surface area contributed by atoms with Gasteiger partial charge in [-0.05, 0) is 41.3 Å². The number of ether oxygens (including phenoxy) is 1. The van der Waals surface area contributed by atoms with Crippen LogP contribution in [0.5, 0.6) is 0 Å². The van der Waals surface area contributed by atoms with E-state index in [0.717, 1.165) is 16.3 Å². The number of carbonyl (C=O) groups excluding carboxylic acids is 2. The summed E-state index contributed by atoms with van der Waals surface area (Å²) in [4.78, 5) is 24.5. The molecule has 0 aliphatic rings. The molecule has 0 heterocycles. The van der Waals surface area contributed by atoms with Crippen molar-refractivity contribution in [1.82, 2.24) is 0 Å². The first-order chi connectivity index (χ1) is 13.0. The molecule has 0 fully saturated rings. The summed E-state index contributed by atoms with van der Waals surface area (Å²) in [6.45, 7) is 3.55. The van der Waals surface area contributed by atoms with E-state index in [1.165, 1.54) is 0 Å². The maximum atomic E-state index is 12.4. The van der Waals surface area contributed by atoms with Crippen LogP contribution in [0.2, 0.25) is 0 Å². The van der Waals surface area contributed by atoms with Gasteiger partial charge in [-0.2, -0.15) is 0 Å². The van der Waals surface area contributed by atoms with E-state index in [-0.39, 0.29) is 24.2 Å². The standard InChI is InChI=1S/C23H23NO3/c1-16(18-8-4-3-5-9-18)14-22(25)27-17(2)23(26)24-21-13-12-19-10-6-7-11-20(19)15-21/h3-13,15-17H,14H2,1-2H3,(H,24,26). The number of hydrogen-bond acceptors (Lipinski definition) is 3. The van der Waals surface area contributed by atoms with Gasteiger partial charge in [-0.25, -0.2) is 0 Å². The first-order valence-electron chi connectivity index (χ1n) is 9.07. The average Bonchev–Trinajstić information content (AvgIpc) is 2.68. The molecule has 3 aromatic carbocycles. The Balaban J connectivity index is 1.55. The lowest BCUT2D eigenvalue weighted by molar-refractivity contribution is -0.153. The predicted octanol–water partition coefficient (Wildman–Crippen LogP) is 4.90. The van der Waals surface area contributed by atoms with Crippen molar-refractivity contribution in [2.75, 3.05) is 5.32 Å². The summed E-state index contributed by atoms with van der Waals surface area (Å²) in [6.07, 6.45) is -0.621. The van der Waals surface area contributed by atoms with E-state index < -0.39 is 6.10 Å². The minimum absolute atomic E-state index is 0.0365. The lowest BCUT2D eigenvalue weighted by atomic mass is 9.98. The van der Waals surface area contributed by atoms with E-state index in [4.69, 9.17) is 4.74 Å². The Morgan fingerprint density at radius 1 is 0.889 bits per heavy atom. The van der Waals surface area contributed by atoms with Crippen molar-refractivity contribution in [3.05, 3.63) is 78.4 Å². The molecule has 4 heteroatoms. The third kappa shape index (κ3) is 4.94. The SMILES string of the molecule is CC(OC(=O)CC(C)c1ccccc1)C(=O)Nc1ccc2ccccc2c1. The van der Waals surface area contributed by atoms with Crippen LogP contribution in [0.1, 0.15) is 31.7 Å². The minimum Gasteiger partial charge on any atom is -0.453 e. The summed E-state index contributed by atoms with van der Waals surface area (Å²) < 4.78 is 5.31. The number of fused-ring (bicyclic) bond motifs is 1. The Morgan fingerprint density at radius 2 is 1.56 bits per heavy atom. The van der Waals surface area contributed by atoms with Crippen molar-refractivity contribution in [2.45, 2.75) is 32.3 Å². The smallest absolute Gasteiger partial charge is 0.307 e. The van der Waals surface area contributed by atoms with Crippen molar-refractivity contribution < 1.29 is 14.3 Å². The molecule has 0 aromatic heterocycles. The predicted molar refractivity (Wildman–Crippen MR) is 108 cm³/mol. The van der Waals surface area contributed by atoms with Gasteiger partial charge in [-0.3, -0.25) is 9.59 Å². The summed E-state index contributed by atoms with van der Waals surface area (Å²) in [5.74, 6) is -0.687. The monoisotopic (exact) mass is 361 g/mol. The number of amides is 1. The molecule has 27 heavy (non-hydrogen) atoms. The van der Waals surface area contributed by atoms with Crippen LogP contribution in [0.25, 0.3) is 10.8 Å². The van der Waals surface area contributed by atoms with Crippen LogP contribution >= 0.6 is 0 Å². The Morgan fingerprint density at radius 3 is 2.30 bits per heavy atom. The van der Waals surface area contributed by atoms with Crippen LogP contribution in [-0.2, 0) is 14.3 Å². The molecule has 1 N–H and O–H groups in total. The zero-order valence-electron chi connectivity index (χ0n) is 15.5. The Kier molecular flexibility index (Phi) is 5.87. The number of hydrogen-bond donors (Lipinski definition) is 1. The Hall–Kier alpha value is -3.14. The van der Waals surface area contributed by atoms with Crippen molar-refractivity contribution in [3.63, 3.8) is 0 Å². The van der Waals surface area contributed by atoms with E-state index >= 15 is 0 Å². The molecule has 0 saturated carbocycles. The largest absolute Gasteiger partial charge is 0.453 e. The molecule has 3 rings (SSSR count). The lowest BCUT2D eigenvalue weighted by Crippen LogP contribution is -2.30. The highest BCUT2D eigenvalue weighted by atomic mass is 16.5. The molecule has 0 aliphatic heterocycles. The molecule has 0 radical (unpaired) electrons. The van der Waals surface area contributed by atoms with Crippen molar-refractivity contribution >= 4 is 28.3 Å². The van der Waals surface area contributed by atoms with Crippen molar-refractivity contribution in [2.24, 2.45) is 0 Å². The average molecular weight is 361 g/mol. The molecule has 3 aromatic rings. The Bertz CT molecular complexity index is 937. The van der Waals surface area contributed by atoms with Crippen LogP contribution in [0.15, 0.2) is 72.8 Å². The zero-order chi connectivity index (χ0) is 19.2. The molecule has 1 amide bonds. The first-order valence-corrected chi connectivity index (χ1v) is 9.07. The van der Waals surface area contributed by atoms with Gasteiger partial charge < -0.3 is 10.1 Å². The Labute approximate surface area is 159 Å². The third-order valence-electron chi connectivity index (χ3n) is 4.54. The highest BCUT2D eigenvalue weighted by Gasteiger charge is 2.20. The van der Waals surface area contributed by atoms with E-state index in [1.807, 2.05) is 79.7 Å². The maximum absolute atomic E-state index is 12.4. The number of benzene rings is 3. The van der Waals surface area contributed by atoms with Crippen molar-refractivity contribution in [3.8, 4) is 0 Å². The van der Waals surface area contributed by atoms with Gasteiger partial charge in [0.15, 0.2) is 6.10 Å². The molecule has 0 aliphatic carbocycles. The molecule has 0 saturated heterocycles. The highest BCUT2D eigenvalue weighted by molar-refractivity contribution is 5.97. The minimum atomic E-state index is -0.855. The van der Waals surface area contributed by atoms with Gasteiger partial charge >= 0.3 is 5.97 Å². The highest BCUT2D eigenvalue weighted by Crippen LogP contribution is 2.21. The molecular weight excluding hydrogens is 338 g/mol. The second-order valence-electron chi connectivity index (χ2n) is 6.70. The van der Waals surface area contributed by atoms with E-state index in [0.29, 0.717) is 5.69 Å². The quantitative estimate of drug-likeness (QED) is 0.635. The zero-order valence-corrected chi connectivity index (χ0v) is 15.5. The number of anilines is 1. The molecule has 0 spiro atoms. The van der Waals surface area contributed by atoms with Gasteiger partial charge in [-0.1, -0.05) is 67.6 Å². The molecule has 138 valence electrons. The van der Waals surface area contributed by atoms with Gasteiger partial charge in [0.25, 0.3) is 5.91 Å². The number of carbonyl (C=O) groups is 2. The first kappa shape index (κ1) is 18.6. The molecule has 2 unspecified atom stereocenters.